The molecule has 1 aromatic rings. The van der Waals surface area contributed by atoms with Crippen LogP contribution in [0.25, 0.3) is 0 Å². The Morgan fingerprint density at radius 1 is 1.33 bits per heavy atom. The van der Waals surface area contributed by atoms with Crippen molar-refractivity contribution in [3.8, 4) is 0 Å². The van der Waals surface area contributed by atoms with Crippen molar-refractivity contribution >= 4 is 11.6 Å². The van der Waals surface area contributed by atoms with E-state index in [1.807, 2.05) is 6.92 Å². The number of aryl methyl sites for hydroxylation is 1. The van der Waals surface area contributed by atoms with Crippen LogP contribution in [-0.2, 0) is 11.2 Å². The van der Waals surface area contributed by atoms with Crippen LogP contribution in [0.5, 0.6) is 0 Å². The number of nitrogens with two attached hydrogens (primary N) is 1. The molecule has 0 aromatic heterocycles. The maximum atomic E-state index is 11.6. The summed E-state index contributed by atoms with van der Waals surface area (Å²) in [5, 5.41) is 13.4. The maximum Gasteiger partial charge on any atom is 0.269 e. The minimum atomic E-state index is -0.412. The highest BCUT2D eigenvalue weighted by Gasteiger charge is 2.10. The van der Waals surface area contributed by atoms with E-state index >= 15 is 0 Å². The third kappa shape index (κ3) is 6.35. The maximum absolute atomic E-state index is 11.6. The van der Waals surface area contributed by atoms with Crippen LogP contribution in [-0.4, -0.2) is 23.4 Å². The summed E-state index contributed by atoms with van der Waals surface area (Å²) >= 11 is 0. The number of nitro groups is 1. The lowest BCUT2D eigenvalue weighted by atomic mass is 10.1. The molecular weight excluding hydrogens is 270 g/mol. The average Bonchev–Trinajstić information content (AvgIpc) is 2.47. The van der Waals surface area contributed by atoms with Crippen LogP contribution < -0.4 is 11.1 Å². The number of hydrogen-bond donors (Lipinski definition) is 2. The minimum Gasteiger partial charge on any atom is -0.355 e. The van der Waals surface area contributed by atoms with Crippen molar-refractivity contribution in [3.05, 3.63) is 39.9 Å². The number of hydrogen-bond acceptors (Lipinski definition) is 4. The topological polar surface area (TPSA) is 98.3 Å². The number of nitrogens with one attached hydrogen (secondary N) is 1. The summed E-state index contributed by atoms with van der Waals surface area (Å²) in [6.45, 7) is 2.61. The van der Waals surface area contributed by atoms with E-state index in [4.69, 9.17) is 5.73 Å². The molecule has 1 aromatic carbocycles. The van der Waals surface area contributed by atoms with Crippen LogP contribution in [0.1, 0.15) is 38.2 Å². The zero-order valence-electron chi connectivity index (χ0n) is 12.4. The number of nitrogens with zero attached hydrogens (tertiary/aromatic N) is 1. The molecule has 6 nitrogen and oxygen atoms in total. The van der Waals surface area contributed by atoms with Crippen LogP contribution in [0.2, 0.25) is 0 Å². The van der Waals surface area contributed by atoms with Crippen molar-refractivity contribution < 1.29 is 9.72 Å². The molecule has 1 rings (SSSR count). The van der Waals surface area contributed by atoms with Gasteiger partial charge in [0.15, 0.2) is 0 Å². The molecule has 0 bridgehead atoms. The molecule has 1 unspecified atom stereocenters. The van der Waals surface area contributed by atoms with E-state index in [2.05, 4.69) is 5.32 Å². The summed E-state index contributed by atoms with van der Waals surface area (Å²) in [7, 11) is 0. The molecule has 0 aliphatic rings. The molecule has 0 saturated heterocycles. The zero-order valence-corrected chi connectivity index (χ0v) is 12.4. The summed E-state index contributed by atoms with van der Waals surface area (Å²) in [6.07, 6.45) is 4.22. The number of rotatable bonds is 9. The molecule has 3 N–H and O–H groups in total. The van der Waals surface area contributed by atoms with Crippen molar-refractivity contribution in [2.45, 2.75) is 45.1 Å². The van der Waals surface area contributed by atoms with E-state index in [9.17, 15) is 14.9 Å². The summed E-state index contributed by atoms with van der Waals surface area (Å²) in [6, 6.07) is 6.16. The number of carbonyl (C=O) groups is 1. The molecule has 0 saturated carbocycles. The number of unbranched alkanes of at least 4 members (excludes halogenated alkanes) is 1. The van der Waals surface area contributed by atoms with E-state index in [1.54, 1.807) is 12.1 Å². The van der Waals surface area contributed by atoms with Crippen molar-refractivity contribution in [1.82, 2.24) is 5.32 Å². The summed E-state index contributed by atoms with van der Waals surface area (Å²) in [4.78, 5) is 21.7. The van der Waals surface area contributed by atoms with Crippen LogP contribution >= 0.6 is 0 Å². The lowest BCUT2D eigenvalue weighted by molar-refractivity contribution is -0.384. The Kier molecular flexibility index (Phi) is 7.39. The van der Waals surface area contributed by atoms with Gasteiger partial charge in [0.1, 0.15) is 0 Å². The van der Waals surface area contributed by atoms with Gasteiger partial charge in [0.05, 0.1) is 11.0 Å². The molecule has 6 heteroatoms. The first-order chi connectivity index (χ1) is 10.0. The second-order valence-electron chi connectivity index (χ2n) is 5.07. The Morgan fingerprint density at radius 3 is 2.57 bits per heavy atom. The predicted molar refractivity (Wildman–Crippen MR) is 81.9 cm³/mol. The fraction of sp³-hybridized carbons (Fsp3) is 0.533. The van der Waals surface area contributed by atoms with E-state index < -0.39 is 11.0 Å². The Bertz CT molecular complexity index is 460. The number of benzene rings is 1. The third-order valence-electron chi connectivity index (χ3n) is 3.28. The number of nitro benzene ring substituents is 1. The molecule has 0 aliphatic heterocycles. The molecular formula is C15H23N3O3. The molecule has 0 spiro atoms. The molecule has 116 valence electrons. The van der Waals surface area contributed by atoms with Gasteiger partial charge >= 0.3 is 0 Å². The molecule has 1 amide bonds. The summed E-state index contributed by atoms with van der Waals surface area (Å²) < 4.78 is 0. The first-order valence-electron chi connectivity index (χ1n) is 7.31. The van der Waals surface area contributed by atoms with Gasteiger partial charge in [-0.25, -0.2) is 0 Å². The molecule has 21 heavy (non-hydrogen) atoms. The minimum absolute atomic E-state index is 0.0906. The smallest absolute Gasteiger partial charge is 0.269 e. The molecule has 1 atom stereocenters. The Labute approximate surface area is 124 Å². The second kappa shape index (κ2) is 9.07. The fourth-order valence-corrected chi connectivity index (χ4v) is 2.02. The Balaban J connectivity index is 2.19. The zero-order chi connectivity index (χ0) is 15.7. The summed E-state index contributed by atoms with van der Waals surface area (Å²) in [5.41, 5.74) is 6.88. The lowest BCUT2D eigenvalue weighted by Crippen LogP contribution is -2.40. The van der Waals surface area contributed by atoms with Gasteiger partial charge in [-0.1, -0.05) is 25.5 Å². The summed E-state index contributed by atoms with van der Waals surface area (Å²) in [5.74, 6) is -0.0906. The number of amides is 1. The van der Waals surface area contributed by atoms with Gasteiger partial charge in [0, 0.05) is 18.7 Å². The SMILES string of the molecule is CCCC(N)C(=O)NCCCCc1ccc([N+](=O)[O-])cc1. The monoisotopic (exact) mass is 293 g/mol. The van der Waals surface area contributed by atoms with Gasteiger partial charge in [-0.2, -0.15) is 0 Å². The largest absolute Gasteiger partial charge is 0.355 e. The fourth-order valence-electron chi connectivity index (χ4n) is 2.02. The standard InChI is InChI=1S/C15H23N3O3/c1-2-5-14(16)15(19)17-11-4-3-6-12-7-9-13(10-8-12)18(20)21/h7-10,14H,2-6,11,16H2,1H3,(H,17,19). The van der Waals surface area contributed by atoms with Crippen LogP contribution in [0.3, 0.4) is 0 Å². The molecule has 0 radical (unpaired) electrons. The van der Waals surface area contributed by atoms with Gasteiger partial charge in [-0.15, -0.1) is 0 Å². The normalized spacial score (nSPS) is 11.9. The second-order valence-corrected chi connectivity index (χ2v) is 5.07. The van der Waals surface area contributed by atoms with Crippen molar-refractivity contribution in [1.29, 1.82) is 0 Å². The highest BCUT2D eigenvalue weighted by Crippen LogP contribution is 2.13. The average molecular weight is 293 g/mol. The molecule has 0 fully saturated rings. The molecule has 0 aliphatic carbocycles. The van der Waals surface area contributed by atoms with Crippen LogP contribution in [0.4, 0.5) is 5.69 Å². The molecule has 0 heterocycles. The van der Waals surface area contributed by atoms with E-state index in [1.165, 1.54) is 12.1 Å². The lowest BCUT2D eigenvalue weighted by Gasteiger charge is -2.10. The highest BCUT2D eigenvalue weighted by molar-refractivity contribution is 5.81. The highest BCUT2D eigenvalue weighted by atomic mass is 16.6. The third-order valence-corrected chi connectivity index (χ3v) is 3.28. The van der Waals surface area contributed by atoms with Gasteiger partial charge in [0.2, 0.25) is 5.91 Å². The van der Waals surface area contributed by atoms with Crippen molar-refractivity contribution in [3.63, 3.8) is 0 Å². The van der Waals surface area contributed by atoms with Gasteiger partial charge in [-0.05, 0) is 31.2 Å². The van der Waals surface area contributed by atoms with Gasteiger partial charge in [0.25, 0.3) is 5.69 Å². The first-order valence-corrected chi connectivity index (χ1v) is 7.31. The van der Waals surface area contributed by atoms with Crippen LogP contribution in [0.15, 0.2) is 24.3 Å². The first kappa shape index (κ1) is 17.1. The Morgan fingerprint density at radius 2 is 2.00 bits per heavy atom. The van der Waals surface area contributed by atoms with Crippen LogP contribution in [0, 0.1) is 10.1 Å². The quantitative estimate of drug-likeness (QED) is 0.414. The van der Waals surface area contributed by atoms with Gasteiger partial charge in [-0.3, -0.25) is 14.9 Å². The van der Waals surface area contributed by atoms with E-state index in [0.29, 0.717) is 13.0 Å². The number of non-ortho nitro benzene ring substituents is 1. The van der Waals surface area contributed by atoms with E-state index in [0.717, 1.165) is 31.2 Å². The van der Waals surface area contributed by atoms with Crippen molar-refractivity contribution in [2.24, 2.45) is 5.73 Å². The predicted octanol–water partition coefficient (Wildman–Crippen LogP) is 2.16. The van der Waals surface area contributed by atoms with Crippen molar-refractivity contribution in [2.75, 3.05) is 6.54 Å². The van der Waals surface area contributed by atoms with E-state index in [-0.39, 0.29) is 11.6 Å². The number of carbonyl (C=O) groups excluding carboxylic acids is 1. The van der Waals surface area contributed by atoms with Gasteiger partial charge < -0.3 is 11.1 Å². The Hall–Kier alpha value is -1.95.